The molecule has 26 heavy (non-hydrogen) atoms. The number of piperazine rings is 1. The number of rotatable bonds is 3. The number of hydrogen-bond donors (Lipinski definition) is 2. The first-order valence-electron chi connectivity index (χ1n) is 7.89. The second kappa shape index (κ2) is 7.17. The molecule has 3 rings (SSSR count). The lowest BCUT2D eigenvalue weighted by atomic mass is 9.92. The quantitative estimate of drug-likeness (QED) is 0.586. The SMILES string of the molecule is COC(=O)C1=C2C(=O)NCCN2C(C(=O)Nc2ccc(Cl)cc2)CC1=O. The zero-order chi connectivity index (χ0) is 18.8. The van der Waals surface area contributed by atoms with Crippen molar-refractivity contribution in [2.45, 2.75) is 12.5 Å². The fraction of sp³-hybridized carbons (Fsp3) is 0.294. The summed E-state index contributed by atoms with van der Waals surface area (Å²) in [5.74, 6) is -2.51. The number of nitrogens with zero attached hydrogens (tertiary/aromatic N) is 1. The molecule has 1 aromatic rings. The van der Waals surface area contributed by atoms with E-state index < -0.39 is 29.6 Å². The molecule has 0 saturated carbocycles. The monoisotopic (exact) mass is 377 g/mol. The summed E-state index contributed by atoms with van der Waals surface area (Å²) in [4.78, 5) is 50.8. The summed E-state index contributed by atoms with van der Waals surface area (Å²) >= 11 is 5.82. The van der Waals surface area contributed by atoms with Crippen LogP contribution in [0.3, 0.4) is 0 Å². The molecule has 1 unspecified atom stereocenters. The van der Waals surface area contributed by atoms with E-state index >= 15 is 0 Å². The molecule has 0 bridgehead atoms. The predicted molar refractivity (Wildman–Crippen MR) is 92.3 cm³/mol. The van der Waals surface area contributed by atoms with Crippen molar-refractivity contribution in [1.29, 1.82) is 0 Å². The maximum Gasteiger partial charge on any atom is 0.343 e. The molecule has 2 N–H and O–H groups in total. The molecule has 1 atom stereocenters. The van der Waals surface area contributed by atoms with Crippen LogP contribution in [-0.2, 0) is 23.9 Å². The number of nitrogens with one attached hydrogen (secondary N) is 2. The third-order valence-electron chi connectivity index (χ3n) is 4.22. The molecule has 0 spiro atoms. The summed E-state index contributed by atoms with van der Waals surface area (Å²) in [6, 6.07) is 5.61. The Hall–Kier alpha value is -2.87. The lowest BCUT2D eigenvalue weighted by Crippen LogP contribution is -2.57. The van der Waals surface area contributed by atoms with Crippen molar-refractivity contribution in [1.82, 2.24) is 10.2 Å². The van der Waals surface area contributed by atoms with Crippen LogP contribution < -0.4 is 10.6 Å². The fourth-order valence-electron chi connectivity index (χ4n) is 3.01. The topological polar surface area (TPSA) is 105 Å². The van der Waals surface area contributed by atoms with Gasteiger partial charge in [0.1, 0.15) is 17.3 Å². The van der Waals surface area contributed by atoms with E-state index in [9.17, 15) is 19.2 Å². The zero-order valence-corrected chi connectivity index (χ0v) is 14.6. The molecule has 0 aliphatic carbocycles. The van der Waals surface area contributed by atoms with E-state index in [0.29, 0.717) is 23.8 Å². The number of ether oxygens (including phenoxy) is 1. The maximum absolute atomic E-state index is 12.7. The summed E-state index contributed by atoms with van der Waals surface area (Å²) in [6.45, 7) is 0.600. The van der Waals surface area contributed by atoms with Crippen molar-refractivity contribution in [2.24, 2.45) is 0 Å². The van der Waals surface area contributed by atoms with Gasteiger partial charge in [0.25, 0.3) is 5.91 Å². The number of benzene rings is 1. The molecule has 1 aromatic carbocycles. The van der Waals surface area contributed by atoms with Gasteiger partial charge in [-0.2, -0.15) is 0 Å². The Balaban J connectivity index is 1.92. The molecule has 2 heterocycles. The molecule has 136 valence electrons. The van der Waals surface area contributed by atoms with Crippen LogP contribution in [0, 0.1) is 0 Å². The van der Waals surface area contributed by atoms with Gasteiger partial charge < -0.3 is 20.3 Å². The number of carbonyl (C=O) groups excluding carboxylic acids is 4. The molecule has 2 amide bonds. The van der Waals surface area contributed by atoms with Crippen LogP contribution in [-0.4, -0.2) is 54.7 Å². The van der Waals surface area contributed by atoms with Crippen LogP contribution in [0.5, 0.6) is 0 Å². The number of hydrogen-bond acceptors (Lipinski definition) is 6. The largest absolute Gasteiger partial charge is 0.465 e. The Labute approximate surface area is 154 Å². The van der Waals surface area contributed by atoms with E-state index in [-0.39, 0.29) is 17.7 Å². The molecule has 0 radical (unpaired) electrons. The molecule has 1 saturated heterocycles. The lowest BCUT2D eigenvalue weighted by molar-refractivity contribution is -0.141. The van der Waals surface area contributed by atoms with Crippen molar-refractivity contribution in [2.75, 3.05) is 25.5 Å². The molecule has 9 heteroatoms. The van der Waals surface area contributed by atoms with E-state index in [1.165, 1.54) is 4.90 Å². The highest BCUT2D eigenvalue weighted by Gasteiger charge is 2.44. The van der Waals surface area contributed by atoms with Gasteiger partial charge in [0.2, 0.25) is 5.91 Å². The van der Waals surface area contributed by atoms with Crippen molar-refractivity contribution < 1.29 is 23.9 Å². The molecular formula is C17H16ClN3O5. The third kappa shape index (κ3) is 3.28. The average Bonchev–Trinajstić information content (AvgIpc) is 2.63. The molecule has 8 nitrogen and oxygen atoms in total. The van der Waals surface area contributed by atoms with E-state index in [1.54, 1.807) is 24.3 Å². The van der Waals surface area contributed by atoms with Crippen molar-refractivity contribution in [3.63, 3.8) is 0 Å². The van der Waals surface area contributed by atoms with Crippen LogP contribution in [0.1, 0.15) is 6.42 Å². The number of halogens is 1. The second-order valence-corrected chi connectivity index (χ2v) is 6.24. The van der Waals surface area contributed by atoms with Crippen LogP contribution in [0.25, 0.3) is 0 Å². The number of carbonyl (C=O) groups is 4. The summed E-state index contributed by atoms with van der Waals surface area (Å²) in [5.41, 5.74) is 0.0773. The number of Topliss-reactive ketones (excluding diaryl/α,β-unsaturated/α-hetero) is 1. The number of methoxy groups -OCH3 is 1. The third-order valence-corrected chi connectivity index (χ3v) is 4.47. The standard InChI is InChI=1S/C17H16ClN3O5/c1-26-17(25)13-12(22)8-11(21-7-6-19-16(24)14(13)21)15(23)20-10-4-2-9(18)3-5-10/h2-5,11H,6-8H2,1H3,(H,19,24)(H,20,23). The van der Waals surface area contributed by atoms with Crippen molar-refractivity contribution in [3.8, 4) is 0 Å². The van der Waals surface area contributed by atoms with Gasteiger partial charge in [-0.3, -0.25) is 14.4 Å². The minimum absolute atomic E-state index is 0.115. The van der Waals surface area contributed by atoms with Crippen LogP contribution in [0.2, 0.25) is 5.02 Å². The minimum atomic E-state index is -0.896. The highest BCUT2D eigenvalue weighted by molar-refractivity contribution is 6.30. The van der Waals surface area contributed by atoms with Gasteiger partial charge in [0.05, 0.1) is 7.11 Å². The van der Waals surface area contributed by atoms with E-state index in [2.05, 4.69) is 15.4 Å². The molecule has 0 aromatic heterocycles. The van der Waals surface area contributed by atoms with Gasteiger partial charge in [-0.25, -0.2) is 4.79 Å². The Morgan fingerprint density at radius 1 is 1.27 bits per heavy atom. The van der Waals surface area contributed by atoms with Gasteiger partial charge >= 0.3 is 5.97 Å². The van der Waals surface area contributed by atoms with E-state index in [4.69, 9.17) is 11.6 Å². The molecule has 2 aliphatic heterocycles. The Morgan fingerprint density at radius 3 is 2.62 bits per heavy atom. The van der Waals surface area contributed by atoms with Gasteiger partial charge in [-0.05, 0) is 24.3 Å². The first kappa shape index (κ1) is 17.9. The van der Waals surface area contributed by atoms with Crippen LogP contribution in [0.4, 0.5) is 5.69 Å². The van der Waals surface area contributed by atoms with Crippen molar-refractivity contribution in [3.05, 3.63) is 40.6 Å². The summed E-state index contributed by atoms with van der Waals surface area (Å²) in [7, 11) is 1.13. The number of ketones is 1. The molecule has 2 aliphatic rings. The molecule has 1 fully saturated rings. The summed E-state index contributed by atoms with van der Waals surface area (Å²) in [5, 5.41) is 5.81. The highest BCUT2D eigenvalue weighted by atomic mass is 35.5. The number of amides is 2. The van der Waals surface area contributed by atoms with Gasteiger partial charge in [-0.1, -0.05) is 11.6 Å². The first-order valence-corrected chi connectivity index (χ1v) is 8.27. The highest BCUT2D eigenvalue weighted by Crippen LogP contribution is 2.28. The first-order chi connectivity index (χ1) is 12.4. The number of fused-ring (bicyclic) bond motifs is 1. The summed E-state index contributed by atoms with van der Waals surface area (Å²) in [6.07, 6.45) is -0.222. The normalized spacial score (nSPS) is 19.6. The van der Waals surface area contributed by atoms with E-state index in [1.807, 2.05) is 0 Å². The number of esters is 1. The second-order valence-electron chi connectivity index (χ2n) is 5.80. The van der Waals surface area contributed by atoms with Crippen LogP contribution >= 0.6 is 11.6 Å². The van der Waals surface area contributed by atoms with Gasteiger partial charge in [-0.15, -0.1) is 0 Å². The average molecular weight is 378 g/mol. The van der Waals surface area contributed by atoms with Crippen molar-refractivity contribution >= 4 is 40.9 Å². The summed E-state index contributed by atoms with van der Waals surface area (Å²) < 4.78 is 4.62. The number of anilines is 1. The smallest absolute Gasteiger partial charge is 0.343 e. The maximum atomic E-state index is 12.7. The molecular weight excluding hydrogens is 362 g/mol. The van der Waals surface area contributed by atoms with E-state index in [0.717, 1.165) is 7.11 Å². The minimum Gasteiger partial charge on any atom is -0.465 e. The predicted octanol–water partition coefficient (Wildman–Crippen LogP) is 0.479. The van der Waals surface area contributed by atoms with Crippen LogP contribution in [0.15, 0.2) is 35.5 Å². The Morgan fingerprint density at radius 2 is 1.96 bits per heavy atom. The zero-order valence-electron chi connectivity index (χ0n) is 13.9. The fourth-order valence-corrected chi connectivity index (χ4v) is 3.14. The Kier molecular flexibility index (Phi) is 4.94. The Bertz CT molecular complexity index is 818. The van der Waals surface area contributed by atoms with Gasteiger partial charge in [0.15, 0.2) is 5.78 Å². The lowest BCUT2D eigenvalue weighted by Gasteiger charge is -2.40. The van der Waals surface area contributed by atoms with Gasteiger partial charge in [0, 0.05) is 30.2 Å².